The topological polar surface area (TPSA) is 76.3 Å². The molecule has 0 bridgehead atoms. The van der Waals surface area contributed by atoms with Crippen LogP contribution in [0.15, 0.2) is 41.6 Å². The lowest BCUT2D eigenvalue weighted by atomic mass is 9.88. The molecule has 2 heterocycles. The SMILES string of the molecule is NC1(C2CC2)CN(S(=O)(=O)c2cccc3cnccc23)C1. The third-order valence-corrected chi connectivity index (χ3v) is 6.44. The van der Waals surface area contributed by atoms with E-state index in [2.05, 4.69) is 4.98 Å². The first-order chi connectivity index (χ1) is 10.0. The summed E-state index contributed by atoms with van der Waals surface area (Å²) < 4.78 is 27.1. The smallest absolute Gasteiger partial charge is 0.243 e. The second kappa shape index (κ2) is 4.25. The van der Waals surface area contributed by atoms with Gasteiger partial charge in [0.2, 0.25) is 10.0 Å². The van der Waals surface area contributed by atoms with Gasteiger partial charge in [0.1, 0.15) is 0 Å². The van der Waals surface area contributed by atoms with E-state index in [1.54, 1.807) is 30.6 Å². The van der Waals surface area contributed by atoms with E-state index in [-0.39, 0.29) is 5.54 Å². The molecule has 6 heteroatoms. The Kier molecular flexibility index (Phi) is 2.67. The van der Waals surface area contributed by atoms with E-state index in [0.29, 0.717) is 29.3 Å². The summed E-state index contributed by atoms with van der Waals surface area (Å²) in [6.07, 6.45) is 5.56. The minimum atomic E-state index is -3.48. The van der Waals surface area contributed by atoms with Gasteiger partial charge in [0.15, 0.2) is 0 Å². The molecule has 2 fully saturated rings. The van der Waals surface area contributed by atoms with E-state index in [1.165, 1.54) is 4.31 Å². The number of nitrogens with zero attached hydrogens (tertiary/aromatic N) is 2. The van der Waals surface area contributed by atoms with Crippen LogP contribution in [-0.4, -0.2) is 36.3 Å². The third-order valence-electron chi connectivity index (χ3n) is 4.59. The molecule has 4 rings (SSSR count). The zero-order chi connectivity index (χ0) is 14.7. The first-order valence-corrected chi connectivity index (χ1v) is 8.56. The minimum Gasteiger partial charge on any atom is -0.323 e. The molecule has 0 radical (unpaired) electrons. The molecule has 1 aliphatic heterocycles. The first-order valence-electron chi connectivity index (χ1n) is 7.12. The van der Waals surface area contributed by atoms with Gasteiger partial charge in [-0.25, -0.2) is 8.42 Å². The Hall–Kier alpha value is -1.50. The zero-order valence-corrected chi connectivity index (χ0v) is 12.4. The number of fused-ring (bicyclic) bond motifs is 1. The molecule has 0 unspecified atom stereocenters. The van der Waals surface area contributed by atoms with Crippen LogP contribution in [0.1, 0.15) is 12.8 Å². The Morgan fingerprint density at radius 3 is 2.71 bits per heavy atom. The summed E-state index contributed by atoms with van der Waals surface area (Å²) in [5, 5.41) is 1.55. The number of pyridine rings is 1. The highest BCUT2D eigenvalue weighted by molar-refractivity contribution is 7.89. The number of benzene rings is 1. The molecular formula is C15H17N3O2S. The molecule has 1 saturated heterocycles. The van der Waals surface area contributed by atoms with Crippen LogP contribution in [0, 0.1) is 5.92 Å². The average Bonchev–Trinajstić information content (AvgIpc) is 3.28. The second-order valence-corrected chi connectivity index (χ2v) is 8.04. The second-order valence-electron chi connectivity index (χ2n) is 6.13. The van der Waals surface area contributed by atoms with E-state index >= 15 is 0 Å². The molecule has 1 aromatic carbocycles. The molecule has 21 heavy (non-hydrogen) atoms. The van der Waals surface area contributed by atoms with Gasteiger partial charge >= 0.3 is 0 Å². The van der Waals surface area contributed by atoms with Crippen LogP contribution in [0.5, 0.6) is 0 Å². The van der Waals surface area contributed by atoms with E-state index in [4.69, 9.17) is 5.73 Å². The van der Waals surface area contributed by atoms with Gasteiger partial charge in [0.05, 0.1) is 4.90 Å². The highest BCUT2D eigenvalue weighted by Crippen LogP contribution is 2.44. The number of aromatic nitrogens is 1. The van der Waals surface area contributed by atoms with Crippen LogP contribution in [-0.2, 0) is 10.0 Å². The Balaban J connectivity index is 1.71. The van der Waals surface area contributed by atoms with Crippen molar-refractivity contribution in [3.63, 3.8) is 0 Å². The zero-order valence-electron chi connectivity index (χ0n) is 11.6. The number of sulfonamides is 1. The largest absolute Gasteiger partial charge is 0.323 e. The van der Waals surface area contributed by atoms with Gasteiger partial charge in [0, 0.05) is 41.8 Å². The predicted molar refractivity (Wildman–Crippen MR) is 80.1 cm³/mol. The van der Waals surface area contributed by atoms with Crippen molar-refractivity contribution in [1.82, 2.24) is 9.29 Å². The maximum Gasteiger partial charge on any atom is 0.243 e. The number of hydrogen-bond acceptors (Lipinski definition) is 4. The van der Waals surface area contributed by atoms with Gasteiger partial charge in [-0.05, 0) is 30.9 Å². The number of nitrogens with two attached hydrogens (primary N) is 1. The van der Waals surface area contributed by atoms with E-state index in [1.807, 2.05) is 6.07 Å². The maximum absolute atomic E-state index is 12.8. The van der Waals surface area contributed by atoms with E-state index < -0.39 is 10.0 Å². The highest BCUT2D eigenvalue weighted by atomic mass is 32.2. The van der Waals surface area contributed by atoms with E-state index in [0.717, 1.165) is 18.2 Å². The molecule has 0 atom stereocenters. The Morgan fingerprint density at radius 1 is 1.24 bits per heavy atom. The van der Waals surface area contributed by atoms with Crippen LogP contribution >= 0.6 is 0 Å². The van der Waals surface area contributed by atoms with Crippen LogP contribution in [0.4, 0.5) is 0 Å². The van der Waals surface area contributed by atoms with Gasteiger partial charge in [-0.1, -0.05) is 12.1 Å². The van der Waals surface area contributed by atoms with Gasteiger partial charge in [0.25, 0.3) is 0 Å². The average molecular weight is 303 g/mol. The number of rotatable bonds is 3. The molecular weight excluding hydrogens is 286 g/mol. The van der Waals surface area contributed by atoms with Gasteiger partial charge in [-0.3, -0.25) is 4.98 Å². The van der Waals surface area contributed by atoms with Crippen LogP contribution in [0.25, 0.3) is 10.8 Å². The summed E-state index contributed by atoms with van der Waals surface area (Å²) in [4.78, 5) is 4.39. The van der Waals surface area contributed by atoms with Crippen molar-refractivity contribution < 1.29 is 8.42 Å². The van der Waals surface area contributed by atoms with Gasteiger partial charge in [-0.15, -0.1) is 0 Å². The predicted octanol–water partition coefficient (Wildman–Crippen LogP) is 1.35. The van der Waals surface area contributed by atoms with Crippen LogP contribution < -0.4 is 5.73 Å². The third kappa shape index (κ3) is 1.97. The molecule has 2 aromatic rings. The normalized spacial score (nSPS) is 22.1. The molecule has 110 valence electrons. The molecule has 2 aliphatic rings. The van der Waals surface area contributed by atoms with Gasteiger partial charge < -0.3 is 5.73 Å². The summed E-state index contributed by atoms with van der Waals surface area (Å²) in [5.74, 6) is 0.501. The summed E-state index contributed by atoms with van der Waals surface area (Å²) >= 11 is 0. The highest BCUT2D eigenvalue weighted by Gasteiger charge is 2.53. The summed E-state index contributed by atoms with van der Waals surface area (Å²) in [7, 11) is -3.48. The fourth-order valence-electron chi connectivity index (χ4n) is 3.15. The van der Waals surface area contributed by atoms with Crippen LogP contribution in [0.3, 0.4) is 0 Å². The Morgan fingerprint density at radius 2 is 2.00 bits per heavy atom. The molecule has 5 nitrogen and oxygen atoms in total. The minimum absolute atomic E-state index is 0.306. The molecule has 2 N–H and O–H groups in total. The van der Waals surface area contributed by atoms with Crippen molar-refractivity contribution in [2.45, 2.75) is 23.3 Å². The molecule has 1 aromatic heterocycles. The lowest BCUT2D eigenvalue weighted by Crippen LogP contribution is -2.69. The fourth-order valence-corrected chi connectivity index (χ4v) is 4.97. The molecule has 1 aliphatic carbocycles. The van der Waals surface area contributed by atoms with Crippen LogP contribution in [0.2, 0.25) is 0 Å². The summed E-state index contributed by atoms with van der Waals surface area (Å²) in [6.45, 7) is 0.864. The Labute approximate surface area is 123 Å². The lowest BCUT2D eigenvalue weighted by Gasteiger charge is -2.47. The van der Waals surface area contributed by atoms with Crippen molar-refractivity contribution in [3.05, 3.63) is 36.7 Å². The quantitative estimate of drug-likeness (QED) is 0.928. The van der Waals surface area contributed by atoms with Crippen molar-refractivity contribution in [2.75, 3.05) is 13.1 Å². The molecule has 1 saturated carbocycles. The van der Waals surface area contributed by atoms with Crippen molar-refractivity contribution >= 4 is 20.8 Å². The number of hydrogen-bond donors (Lipinski definition) is 1. The van der Waals surface area contributed by atoms with Gasteiger partial charge in [-0.2, -0.15) is 4.31 Å². The molecule has 0 amide bonds. The Bertz CT molecular complexity index is 803. The van der Waals surface area contributed by atoms with Crippen molar-refractivity contribution in [2.24, 2.45) is 11.7 Å². The maximum atomic E-state index is 12.8. The lowest BCUT2D eigenvalue weighted by molar-refractivity contribution is 0.135. The van der Waals surface area contributed by atoms with Crippen molar-refractivity contribution in [1.29, 1.82) is 0 Å². The standard InChI is InChI=1S/C15H17N3O2S/c16-15(12-4-5-12)9-18(10-15)21(19,20)14-3-1-2-11-8-17-7-6-13(11)14/h1-3,6-8,12H,4-5,9-10,16H2. The monoisotopic (exact) mass is 303 g/mol. The summed E-state index contributed by atoms with van der Waals surface area (Å²) in [5.41, 5.74) is 5.96. The molecule has 0 spiro atoms. The fraction of sp³-hybridized carbons (Fsp3) is 0.400. The summed E-state index contributed by atoms with van der Waals surface area (Å²) in [6, 6.07) is 7.03. The van der Waals surface area contributed by atoms with E-state index in [9.17, 15) is 8.42 Å². The van der Waals surface area contributed by atoms with Crippen molar-refractivity contribution in [3.8, 4) is 0 Å². The first kappa shape index (κ1) is 13.2.